The zero-order chi connectivity index (χ0) is 13.2. The Balaban J connectivity index is 2.07. The molecule has 1 amide bonds. The zero-order valence-corrected chi connectivity index (χ0v) is 11.3. The van der Waals surface area contributed by atoms with Crippen molar-refractivity contribution in [2.45, 2.75) is 39.3 Å². The van der Waals surface area contributed by atoms with E-state index in [0.717, 1.165) is 19.4 Å². The Morgan fingerprint density at radius 3 is 2.56 bits per heavy atom. The lowest BCUT2D eigenvalue weighted by molar-refractivity contribution is -0.127. The normalized spacial score (nSPS) is 23.4. The molecule has 0 unspecified atom stereocenters. The van der Waals surface area contributed by atoms with E-state index in [-0.39, 0.29) is 11.6 Å². The first-order valence-corrected chi connectivity index (χ1v) is 6.49. The van der Waals surface area contributed by atoms with E-state index >= 15 is 0 Å². The van der Waals surface area contributed by atoms with Crippen molar-refractivity contribution in [3.63, 3.8) is 0 Å². The van der Waals surface area contributed by atoms with Gasteiger partial charge in [-0.2, -0.15) is 0 Å². The van der Waals surface area contributed by atoms with Crippen LogP contribution in [0.25, 0.3) is 0 Å². The molecule has 96 valence electrons. The summed E-state index contributed by atoms with van der Waals surface area (Å²) >= 11 is 0. The molecule has 1 aromatic carbocycles. The Bertz CT molecular complexity index is 467. The van der Waals surface area contributed by atoms with Crippen LogP contribution in [0, 0.1) is 0 Å². The number of carbonyl (C=O) groups is 1. The predicted octanol–water partition coefficient (Wildman–Crippen LogP) is 2.66. The molecule has 0 saturated heterocycles. The van der Waals surface area contributed by atoms with Crippen molar-refractivity contribution < 1.29 is 4.79 Å². The molecule has 3 heteroatoms. The van der Waals surface area contributed by atoms with E-state index in [0.29, 0.717) is 5.71 Å². The second-order valence-electron chi connectivity index (χ2n) is 4.96. The Hall–Kier alpha value is -1.64. The highest BCUT2D eigenvalue weighted by Crippen LogP contribution is 2.27. The van der Waals surface area contributed by atoms with Crippen LogP contribution in [0.4, 0.5) is 0 Å². The van der Waals surface area contributed by atoms with Gasteiger partial charge in [0.25, 0.3) is 5.91 Å². The highest BCUT2D eigenvalue weighted by molar-refractivity contribution is 6.39. The highest BCUT2D eigenvalue weighted by Gasteiger charge is 2.39. The quantitative estimate of drug-likeness (QED) is 0.801. The van der Waals surface area contributed by atoms with Gasteiger partial charge in [-0.25, -0.2) is 0 Å². The van der Waals surface area contributed by atoms with Gasteiger partial charge in [0.05, 0.1) is 5.71 Å². The number of amides is 1. The zero-order valence-electron chi connectivity index (χ0n) is 11.3. The monoisotopic (exact) mass is 244 g/mol. The van der Waals surface area contributed by atoms with Crippen LogP contribution in [0.1, 0.15) is 32.8 Å². The molecule has 1 aliphatic heterocycles. The largest absolute Gasteiger partial charge is 0.313 e. The second kappa shape index (κ2) is 4.92. The van der Waals surface area contributed by atoms with Crippen molar-refractivity contribution >= 4 is 11.6 Å². The minimum atomic E-state index is -0.351. The summed E-state index contributed by atoms with van der Waals surface area (Å²) in [6.07, 6.45) is 1.73. The molecule has 0 saturated carbocycles. The van der Waals surface area contributed by atoms with E-state index in [1.165, 1.54) is 5.56 Å². The second-order valence-corrected chi connectivity index (χ2v) is 4.96. The molecule has 1 atom stereocenters. The van der Waals surface area contributed by atoms with Crippen molar-refractivity contribution in [2.24, 2.45) is 4.99 Å². The van der Waals surface area contributed by atoms with Crippen molar-refractivity contribution in [1.82, 2.24) is 4.90 Å². The average molecular weight is 244 g/mol. The summed E-state index contributed by atoms with van der Waals surface area (Å²) in [5.41, 5.74) is 1.54. The van der Waals surface area contributed by atoms with Gasteiger partial charge in [-0.05, 0) is 32.3 Å². The molecular weight excluding hydrogens is 224 g/mol. The standard InChI is InChI=1S/C15H20N2O/c1-4-15(3)16-12(2)14(18)17(15)11-10-13-8-6-5-7-9-13/h5-9H,4,10-11H2,1-3H3/t15-/m0/s1. The number of hydrogen-bond donors (Lipinski definition) is 0. The first kappa shape index (κ1) is 12.8. The summed E-state index contributed by atoms with van der Waals surface area (Å²) in [5.74, 6) is 0.0790. The third-order valence-corrected chi connectivity index (χ3v) is 3.68. The van der Waals surface area contributed by atoms with Gasteiger partial charge in [0.15, 0.2) is 0 Å². The van der Waals surface area contributed by atoms with Crippen LogP contribution in [-0.4, -0.2) is 28.7 Å². The first-order chi connectivity index (χ1) is 8.57. The molecular formula is C15H20N2O. The smallest absolute Gasteiger partial charge is 0.269 e. The lowest BCUT2D eigenvalue weighted by atomic mass is 10.1. The Morgan fingerprint density at radius 2 is 1.94 bits per heavy atom. The van der Waals surface area contributed by atoms with Crippen LogP contribution in [0.5, 0.6) is 0 Å². The topological polar surface area (TPSA) is 32.7 Å². The lowest BCUT2D eigenvalue weighted by Gasteiger charge is -2.32. The van der Waals surface area contributed by atoms with E-state index in [4.69, 9.17) is 0 Å². The number of hydrogen-bond acceptors (Lipinski definition) is 2. The molecule has 0 spiro atoms. The third kappa shape index (κ3) is 2.30. The van der Waals surface area contributed by atoms with Crippen molar-refractivity contribution in [1.29, 1.82) is 0 Å². The van der Waals surface area contributed by atoms with E-state index in [1.54, 1.807) is 6.92 Å². The lowest BCUT2D eigenvalue weighted by Crippen LogP contribution is -2.45. The summed E-state index contributed by atoms with van der Waals surface area (Å²) in [4.78, 5) is 18.5. The van der Waals surface area contributed by atoms with Crippen molar-refractivity contribution in [3.05, 3.63) is 35.9 Å². The molecule has 0 radical (unpaired) electrons. The molecule has 0 fully saturated rings. The van der Waals surface area contributed by atoms with Gasteiger partial charge in [-0.15, -0.1) is 0 Å². The van der Waals surface area contributed by atoms with Crippen LogP contribution in [0.3, 0.4) is 0 Å². The summed E-state index contributed by atoms with van der Waals surface area (Å²) in [6, 6.07) is 10.3. The number of benzene rings is 1. The van der Waals surface area contributed by atoms with Gasteiger partial charge in [0.1, 0.15) is 5.66 Å². The Kier molecular flexibility index (Phi) is 3.50. The minimum absolute atomic E-state index is 0.0790. The van der Waals surface area contributed by atoms with Gasteiger partial charge in [-0.3, -0.25) is 9.79 Å². The summed E-state index contributed by atoms with van der Waals surface area (Å²) in [6.45, 7) is 6.64. The molecule has 1 aromatic rings. The molecule has 2 rings (SSSR count). The first-order valence-electron chi connectivity index (χ1n) is 6.49. The molecule has 0 N–H and O–H groups in total. The molecule has 0 aliphatic carbocycles. The molecule has 18 heavy (non-hydrogen) atoms. The van der Waals surface area contributed by atoms with E-state index < -0.39 is 0 Å². The molecule has 0 aromatic heterocycles. The maximum atomic E-state index is 12.1. The maximum Gasteiger partial charge on any atom is 0.269 e. The highest BCUT2D eigenvalue weighted by atomic mass is 16.2. The van der Waals surface area contributed by atoms with Crippen molar-refractivity contribution in [2.75, 3.05) is 6.54 Å². The van der Waals surface area contributed by atoms with Crippen LogP contribution in [-0.2, 0) is 11.2 Å². The van der Waals surface area contributed by atoms with Crippen LogP contribution >= 0.6 is 0 Å². The van der Waals surface area contributed by atoms with Crippen LogP contribution in [0.2, 0.25) is 0 Å². The molecule has 1 heterocycles. The summed E-state index contributed by atoms with van der Waals surface area (Å²) in [7, 11) is 0. The SMILES string of the molecule is CC[C@@]1(C)N=C(C)C(=O)N1CCc1ccccc1. The molecule has 3 nitrogen and oxygen atoms in total. The number of rotatable bonds is 4. The number of carbonyl (C=O) groups excluding carboxylic acids is 1. The number of aliphatic imine (C=N–C) groups is 1. The van der Waals surface area contributed by atoms with Gasteiger partial charge in [0, 0.05) is 6.54 Å². The van der Waals surface area contributed by atoms with Gasteiger partial charge < -0.3 is 4.90 Å². The average Bonchev–Trinajstić information content (AvgIpc) is 2.60. The van der Waals surface area contributed by atoms with Gasteiger partial charge in [0.2, 0.25) is 0 Å². The van der Waals surface area contributed by atoms with Crippen LogP contribution in [0.15, 0.2) is 35.3 Å². The minimum Gasteiger partial charge on any atom is -0.313 e. The van der Waals surface area contributed by atoms with Crippen molar-refractivity contribution in [3.8, 4) is 0 Å². The van der Waals surface area contributed by atoms with E-state index in [2.05, 4.69) is 24.0 Å². The third-order valence-electron chi connectivity index (χ3n) is 3.68. The fraction of sp³-hybridized carbons (Fsp3) is 0.467. The Labute approximate surface area is 109 Å². The summed E-state index contributed by atoms with van der Waals surface area (Å²) < 4.78 is 0. The Morgan fingerprint density at radius 1 is 1.28 bits per heavy atom. The predicted molar refractivity (Wildman–Crippen MR) is 73.7 cm³/mol. The molecule has 0 bridgehead atoms. The number of nitrogens with zero attached hydrogens (tertiary/aromatic N) is 2. The maximum absolute atomic E-state index is 12.1. The van der Waals surface area contributed by atoms with E-state index in [1.807, 2.05) is 30.0 Å². The van der Waals surface area contributed by atoms with Gasteiger partial charge >= 0.3 is 0 Å². The fourth-order valence-electron chi connectivity index (χ4n) is 2.38. The van der Waals surface area contributed by atoms with Crippen LogP contribution < -0.4 is 0 Å². The fourth-order valence-corrected chi connectivity index (χ4v) is 2.38. The van der Waals surface area contributed by atoms with Gasteiger partial charge in [-0.1, -0.05) is 37.3 Å². The molecule has 1 aliphatic rings. The van der Waals surface area contributed by atoms with E-state index in [9.17, 15) is 4.79 Å². The summed E-state index contributed by atoms with van der Waals surface area (Å²) in [5, 5.41) is 0.